The minimum absolute atomic E-state index is 0.0208. The summed E-state index contributed by atoms with van der Waals surface area (Å²) in [7, 11) is 0. The molecular formula is C9H16N4O3. The lowest BCUT2D eigenvalue weighted by Crippen LogP contribution is -2.34. The molecule has 0 fully saturated rings. The Hall–Kier alpha value is -1.89. The maximum absolute atomic E-state index is 10.2. The summed E-state index contributed by atoms with van der Waals surface area (Å²) in [4.78, 5) is 25.9. The molecule has 0 radical (unpaired) electrons. The minimum Gasteiger partial charge on any atom is -0.480 e. The van der Waals surface area contributed by atoms with Crippen molar-refractivity contribution in [3.63, 3.8) is 0 Å². The van der Waals surface area contributed by atoms with Crippen molar-refractivity contribution in [1.82, 2.24) is 9.97 Å². The Bertz CT molecular complexity index is 388. The first-order chi connectivity index (χ1) is 7.34. The molecule has 1 aromatic rings. The van der Waals surface area contributed by atoms with E-state index >= 15 is 0 Å². The van der Waals surface area contributed by atoms with Crippen LogP contribution in [0, 0.1) is 5.92 Å². The van der Waals surface area contributed by atoms with Crippen LogP contribution in [0.15, 0.2) is 17.1 Å². The van der Waals surface area contributed by atoms with Crippen LogP contribution in [-0.4, -0.2) is 27.1 Å². The van der Waals surface area contributed by atoms with E-state index in [1.165, 1.54) is 12.3 Å². The van der Waals surface area contributed by atoms with Crippen LogP contribution in [0.4, 0.5) is 5.82 Å². The van der Waals surface area contributed by atoms with E-state index in [-0.39, 0.29) is 5.92 Å². The van der Waals surface area contributed by atoms with Gasteiger partial charge in [-0.2, -0.15) is 0 Å². The van der Waals surface area contributed by atoms with Gasteiger partial charge in [0.2, 0.25) is 0 Å². The summed E-state index contributed by atoms with van der Waals surface area (Å²) < 4.78 is 0. The molecule has 7 heteroatoms. The number of nitrogens with zero attached hydrogens (tertiary/aromatic N) is 1. The number of hydrogen-bond donors (Lipinski definition) is 4. The summed E-state index contributed by atoms with van der Waals surface area (Å²) >= 11 is 0. The van der Waals surface area contributed by atoms with Gasteiger partial charge in [-0.05, 0) is 12.0 Å². The predicted octanol–water partition coefficient (Wildman–Crippen LogP) is -0.594. The Balaban J connectivity index is 0.000000281. The highest BCUT2D eigenvalue weighted by atomic mass is 16.4. The second-order valence-corrected chi connectivity index (χ2v) is 3.44. The fourth-order valence-electron chi connectivity index (χ4n) is 0.668. The summed E-state index contributed by atoms with van der Waals surface area (Å²) in [6, 6.07) is 0.802. The lowest BCUT2D eigenvalue weighted by molar-refractivity contribution is -0.139. The average molecular weight is 228 g/mol. The fourth-order valence-corrected chi connectivity index (χ4v) is 0.668. The van der Waals surface area contributed by atoms with Gasteiger partial charge in [-0.1, -0.05) is 13.8 Å². The number of aromatic amines is 1. The van der Waals surface area contributed by atoms with Crippen molar-refractivity contribution in [1.29, 1.82) is 0 Å². The van der Waals surface area contributed by atoms with Gasteiger partial charge in [0.1, 0.15) is 11.9 Å². The molecule has 0 saturated carbocycles. The number of carboxylic acid groups (broad SMARTS) is 1. The van der Waals surface area contributed by atoms with E-state index in [0.29, 0.717) is 5.82 Å². The van der Waals surface area contributed by atoms with E-state index in [0.717, 1.165) is 0 Å². The maximum Gasteiger partial charge on any atom is 0.346 e. The number of rotatable bonds is 2. The molecule has 0 saturated heterocycles. The molecule has 0 spiro atoms. The molecule has 0 aliphatic rings. The fraction of sp³-hybridized carbons (Fsp3) is 0.444. The molecule has 7 nitrogen and oxygen atoms in total. The summed E-state index contributed by atoms with van der Waals surface area (Å²) in [5.41, 5.74) is 9.91. The van der Waals surface area contributed by atoms with Crippen LogP contribution in [0.3, 0.4) is 0 Å². The predicted molar refractivity (Wildman–Crippen MR) is 59.7 cm³/mol. The Morgan fingerprint density at radius 1 is 1.56 bits per heavy atom. The van der Waals surface area contributed by atoms with Crippen molar-refractivity contribution in [2.24, 2.45) is 11.7 Å². The van der Waals surface area contributed by atoms with Crippen molar-refractivity contribution < 1.29 is 9.90 Å². The molecule has 1 atom stereocenters. The largest absolute Gasteiger partial charge is 0.480 e. The highest BCUT2D eigenvalue weighted by Crippen LogP contribution is 1.96. The number of nitrogens with one attached hydrogen (secondary N) is 1. The van der Waals surface area contributed by atoms with Crippen molar-refractivity contribution in [2.45, 2.75) is 19.9 Å². The monoisotopic (exact) mass is 228 g/mol. The molecule has 1 heterocycles. The van der Waals surface area contributed by atoms with Crippen LogP contribution in [0.25, 0.3) is 0 Å². The van der Waals surface area contributed by atoms with Crippen LogP contribution in [0.2, 0.25) is 0 Å². The summed E-state index contributed by atoms with van der Waals surface area (Å²) in [5.74, 6) is -0.572. The van der Waals surface area contributed by atoms with Crippen molar-refractivity contribution >= 4 is 11.8 Å². The normalized spacial score (nSPS) is 11.5. The number of nitrogens with two attached hydrogens (primary N) is 2. The smallest absolute Gasteiger partial charge is 0.346 e. The van der Waals surface area contributed by atoms with Crippen LogP contribution >= 0.6 is 0 Å². The van der Waals surface area contributed by atoms with Gasteiger partial charge in [0.25, 0.3) is 0 Å². The molecule has 0 unspecified atom stereocenters. The number of aliphatic carboxylic acids is 1. The van der Waals surface area contributed by atoms with Gasteiger partial charge in [-0.3, -0.25) is 9.78 Å². The minimum atomic E-state index is -0.931. The molecule has 0 aromatic carbocycles. The molecular weight excluding hydrogens is 212 g/mol. The average Bonchev–Trinajstić information content (AvgIpc) is 2.16. The van der Waals surface area contributed by atoms with E-state index in [2.05, 4.69) is 9.97 Å². The van der Waals surface area contributed by atoms with Gasteiger partial charge in [0.05, 0.1) is 0 Å². The summed E-state index contributed by atoms with van der Waals surface area (Å²) in [5, 5.41) is 8.23. The van der Waals surface area contributed by atoms with E-state index in [4.69, 9.17) is 16.6 Å². The third-order valence-corrected chi connectivity index (χ3v) is 1.70. The highest BCUT2D eigenvalue weighted by Gasteiger charge is 2.14. The first-order valence-corrected chi connectivity index (χ1v) is 4.63. The number of nitrogen functional groups attached to an aromatic ring is 1. The van der Waals surface area contributed by atoms with Crippen molar-refractivity contribution in [2.75, 3.05) is 5.73 Å². The van der Waals surface area contributed by atoms with Crippen LogP contribution in [0.5, 0.6) is 0 Å². The number of hydrogen-bond acceptors (Lipinski definition) is 5. The van der Waals surface area contributed by atoms with E-state index in [1.54, 1.807) is 13.8 Å². The first kappa shape index (κ1) is 14.1. The third kappa shape index (κ3) is 5.76. The van der Waals surface area contributed by atoms with E-state index < -0.39 is 17.7 Å². The Labute approximate surface area is 92.5 Å². The van der Waals surface area contributed by atoms with E-state index in [1.807, 2.05) is 0 Å². The first-order valence-electron chi connectivity index (χ1n) is 4.63. The van der Waals surface area contributed by atoms with Crippen molar-refractivity contribution in [3.05, 3.63) is 22.7 Å². The number of H-pyrrole nitrogens is 1. The molecule has 1 aromatic heterocycles. The number of carbonyl (C=O) groups is 1. The molecule has 0 aliphatic heterocycles. The molecule has 16 heavy (non-hydrogen) atoms. The Morgan fingerprint density at radius 3 is 2.31 bits per heavy atom. The number of aromatic nitrogens is 2. The Morgan fingerprint density at radius 2 is 2.12 bits per heavy atom. The van der Waals surface area contributed by atoms with Gasteiger partial charge in [-0.25, -0.2) is 9.78 Å². The standard InChI is InChI=1S/C5H11NO2.C4H5N3O/c1-3(2)4(6)5(7)8;5-3-1-2-6-4(8)7-3/h3-4H,6H2,1-2H3,(H,7,8);1-2H,(H3,5,6,7,8)/t4-;/m0./s1. The Kier molecular flexibility index (Phi) is 5.79. The SMILES string of the molecule is CC(C)[C@H](N)C(=O)O.Nc1ccnc(=O)[nH]1. The van der Waals surface area contributed by atoms with Gasteiger partial charge in [0.15, 0.2) is 0 Å². The zero-order chi connectivity index (χ0) is 12.7. The van der Waals surface area contributed by atoms with Gasteiger partial charge < -0.3 is 16.6 Å². The highest BCUT2D eigenvalue weighted by molar-refractivity contribution is 5.73. The summed E-state index contributed by atoms with van der Waals surface area (Å²) in [6.07, 6.45) is 1.36. The molecule has 0 bridgehead atoms. The lowest BCUT2D eigenvalue weighted by atomic mass is 10.1. The van der Waals surface area contributed by atoms with Gasteiger partial charge in [0, 0.05) is 6.20 Å². The maximum atomic E-state index is 10.2. The zero-order valence-electron chi connectivity index (χ0n) is 9.18. The number of anilines is 1. The molecule has 6 N–H and O–H groups in total. The zero-order valence-corrected chi connectivity index (χ0v) is 9.18. The molecule has 1 rings (SSSR count). The van der Waals surface area contributed by atoms with Gasteiger partial charge >= 0.3 is 11.7 Å². The second kappa shape index (κ2) is 6.57. The second-order valence-electron chi connectivity index (χ2n) is 3.44. The van der Waals surface area contributed by atoms with E-state index in [9.17, 15) is 9.59 Å². The molecule has 0 amide bonds. The number of carboxylic acids is 1. The van der Waals surface area contributed by atoms with Crippen molar-refractivity contribution in [3.8, 4) is 0 Å². The van der Waals surface area contributed by atoms with Crippen LogP contribution < -0.4 is 17.2 Å². The lowest BCUT2D eigenvalue weighted by Gasteiger charge is -2.07. The van der Waals surface area contributed by atoms with Crippen LogP contribution in [0.1, 0.15) is 13.8 Å². The van der Waals surface area contributed by atoms with Gasteiger partial charge in [-0.15, -0.1) is 0 Å². The molecule has 90 valence electrons. The summed E-state index contributed by atoms with van der Waals surface area (Å²) in [6.45, 7) is 3.55. The topological polar surface area (TPSA) is 135 Å². The van der Waals surface area contributed by atoms with Crippen LogP contribution in [-0.2, 0) is 4.79 Å². The quantitative estimate of drug-likeness (QED) is 0.534. The molecule has 0 aliphatic carbocycles. The third-order valence-electron chi connectivity index (χ3n) is 1.70.